The first-order valence-electron chi connectivity index (χ1n) is 9.17. The molecule has 0 atom stereocenters. The Morgan fingerprint density at radius 2 is 2.00 bits per heavy atom. The molecule has 1 aromatic carbocycles. The number of nitrogens with zero attached hydrogens (tertiary/aromatic N) is 2. The fourth-order valence-electron chi connectivity index (χ4n) is 3.26. The molecule has 0 spiro atoms. The minimum absolute atomic E-state index is 0.00284. The molecule has 1 amide bonds. The van der Waals surface area contributed by atoms with Crippen molar-refractivity contribution >= 4 is 17.2 Å². The average Bonchev–Trinajstić information content (AvgIpc) is 3.37. The van der Waals surface area contributed by atoms with Crippen LogP contribution in [0, 0.1) is 6.92 Å². The Labute approximate surface area is 162 Å². The predicted molar refractivity (Wildman–Crippen MR) is 105 cm³/mol. The van der Waals surface area contributed by atoms with Gasteiger partial charge in [-0.05, 0) is 37.5 Å². The molecular weight excluding hydrogens is 360 g/mol. The summed E-state index contributed by atoms with van der Waals surface area (Å²) in [5.41, 5.74) is 1.72. The third kappa shape index (κ3) is 4.12. The number of furan rings is 1. The highest BCUT2D eigenvalue weighted by atomic mass is 32.1. The normalized spacial score (nSPS) is 15.2. The van der Waals surface area contributed by atoms with Crippen molar-refractivity contribution in [2.75, 3.05) is 13.1 Å². The van der Waals surface area contributed by atoms with Crippen LogP contribution in [0.5, 0.6) is 0 Å². The highest BCUT2D eigenvalue weighted by Gasteiger charge is 2.27. The van der Waals surface area contributed by atoms with Crippen molar-refractivity contribution in [3.8, 4) is 10.8 Å². The van der Waals surface area contributed by atoms with Gasteiger partial charge in [0.05, 0.1) is 19.0 Å². The zero-order valence-electron chi connectivity index (χ0n) is 15.3. The van der Waals surface area contributed by atoms with E-state index < -0.39 is 0 Å². The first-order valence-corrected chi connectivity index (χ1v) is 9.98. The first-order chi connectivity index (χ1) is 13.2. The van der Waals surface area contributed by atoms with Gasteiger partial charge >= 0.3 is 0 Å². The van der Waals surface area contributed by atoms with E-state index in [9.17, 15) is 4.79 Å². The summed E-state index contributed by atoms with van der Waals surface area (Å²) in [5.74, 6) is 0.707. The molecule has 1 saturated heterocycles. The van der Waals surface area contributed by atoms with Crippen molar-refractivity contribution in [3.63, 3.8) is 0 Å². The highest BCUT2D eigenvalue weighted by Crippen LogP contribution is 2.29. The zero-order chi connectivity index (χ0) is 18.6. The maximum Gasteiger partial charge on any atom is 0.273 e. The predicted octanol–water partition coefficient (Wildman–Crippen LogP) is 4.53. The molecule has 27 heavy (non-hydrogen) atoms. The van der Waals surface area contributed by atoms with Gasteiger partial charge in [-0.25, -0.2) is 4.98 Å². The number of hydrogen-bond acceptors (Lipinski definition) is 5. The van der Waals surface area contributed by atoms with Crippen molar-refractivity contribution < 1.29 is 13.9 Å². The van der Waals surface area contributed by atoms with Gasteiger partial charge in [-0.3, -0.25) is 4.79 Å². The molecule has 4 rings (SSSR count). The van der Waals surface area contributed by atoms with E-state index in [1.165, 1.54) is 16.9 Å². The number of amides is 1. The van der Waals surface area contributed by atoms with Crippen molar-refractivity contribution in [1.29, 1.82) is 0 Å². The topological polar surface area (TPSA) is 55.6 Å². The highest BCUT2D eigenvalue weighted by molar-refractivity contribution is 7.15. The molecule has 5 nitrogen and oxygen atoms in total. The minimum Gasteiger partial charge on any atom is -0.462 e. The van der Waals surface area contributed by atoms with Gasteiger partial charge in [0.2, 0.25) is 0 Å². The lowest BCUT2D eigenvalue weighted by molar-refractivity contribution is -0.000503. The molecule has 0 aliphatic carbocycles. The van der Waals surface area contributed by atoms with Crippen LogP contribution in [-0.2, 0) is 11.3 Å². The standard InChI is InChI=1S/C21H22N2O3S/c1-15-19(22-20(27-15)18-8-5-13-25-18)21(24)23-11-9-17(10-12-23)26-14-16-6-3-2-4-7-16/h2-8,13,17H,9-12,14H2,1H3. The minimum atomic E-state index is 0.00284. The van der Waals surface area contributed by atoms with Crippen LogP contribution in [0.15, 0.2) is 53.1 Å². The Morgan fingerprint density at radius 3 is 2.70 bits per heavy atom. The SMILES string of the molecule is Cc1sc(-c2ccco2)nc1C(=O)N1CCC(OCc2ccccc2)CC1. The number of thiazole rings is 1. The maximum atomic E-state index is 12.9. The molecule has 1 aliphatic heterocycles. The number of carbonyl (C=O) groups excluding carboxylic acids is 1. The van der Waals surface area contributed by atoms with Gasteiger partial charge in [0.15, 0.2) is 10.8 Å². The summed E-state index contributed by atoms with van der Waals surface area (Å²) in [5, 5.41) is 0.752. The number of aromatic nitrogens is 1. The number of rotatable bonds is 5. The molecule has 2 aromatic heterocycles. The number of carbonyl (C=O) groups is 1. The summed E-state index contributed by atoms with van der Waals surface area (Å²) in [6.45, 7) is 3.96. The number of benzene rings is 1. The first kappa shape index (κ1) is 17.9. The van der Waals surface area contributed by atoms with Gasteiger partial charge in [0.1, 0.15) is 5.69 Å². The quantitative estimate of drug-likeness (QED) is 0.650. The smallest absolute Gasteiger partial charge is 0.273 e. The van der Waals surface area contributed by atoms with Crippen LogP contribution in [0.25, 0.3) is 10.8 Å². The summed E-state index contributed by atoms with van der Waals surface area (Å²) in [6.07, 6.45) is 3.53. The number of piperidine rings is 1. The van der Waals surface area contributed by atoms with Crippen molar-refractivity contribution in [3.05, 3.63) is 64.9 Å². The number of hydrogen-bond donors (Lipinski definition) is 0. The summed E-state index contributed by atoms with van der Waals surface area (Å²) >= 11 is 1.49. The molecule has 0 bridgehead atoms. The lowest BCUT2D eigenvalue weighted by atomic mass is 10.1. The van der Waals surface area contributed by atoms with Crippen LogP contribution in [0.3, 0.4) is 0 Å². The fraction of sp³-hybridized carbons (Fsp3) is 0.333. The molecule has 6 heteroatoms. The lowest BCUT2D eigenvalue weighted by Crippen LogP contribution is -2.41. The Hall–Kier alpha value is -2.44. The second kappa shape index (κ2) is 8.06. The van der Waals surface area contributed by atoms with Crippen LogP contribution < -0.4 is 0 Å². The van der Waals surface area contributed by atoms with E-state index in [-0.39, 0.29) is 12.0 Å². The molecule has 140 valence electrons. The largest absolute Gasteiger partial charge is 0.462 e. The molecule has 0 unspecified atom stereocenters. The maximum absolute atomic E-state index is 12.9. The molecule has 3 aromatic rings. The van der Waals surface area contributed by atoms with Crippen LogP contribution in [0.1, 0.15) is 33.8 Å². The molecule has 3 heterocycles. The summed E-state index contributed by atoms with van der Waals surface area (Å²) in [6, 6.07) is 13.9. The number of likely N-dealkylation sites (tertiary alicyclic amines) is 1. The lowest BCUT2D eigenvalue weighted by Gasteiger charge is -2.31. The number of ether oxygens (including phenoxy) is 1. The number of aryl methyl sites for hydroxylation is 1. The van der Waals surface area contributed by atoms with E-state index in [1.807, 2.05) is 42.2 Å². The summed E-state index contributed by atoms with van der Waals surface area (Å²) in [4.78, 5) is 20.2. The summed E-state index contributed by atoms with van der Waals surface area (Å²) < 4.78 is 11.4. The van der Waals surface area contributed by atoms with E-state index >= 15 is 0 Å². The van der Waals surface area contributed by atoms with Crippen LogP contribution in [-0.4, -0.2) is 35.0 Å². The van der Waals surface area contributed by atoms with E-state index in [0.29, 0.717) is 31.2 Å². The Kier molecular flexibility index (Phi) is 5.36. The van der Waals surface area contributed by atoms with Crippen LogP contribution in [0.2, 0.25) is 0 Å². The molecule has 0 N–H and O–H groups in total. The Balaban J connectivity index is 1.33. The van der Waals surface area contributed by atoms with Gasteiger partial charge in [-0.15, -0.1) is 11.3 Å². The van der Waals surface area contributed by atoms with Crippen molar-refractivity contribution in [1.82, 2.24) is 9.88 Å². The summed E-state index contributed by atoms with van der Waals surface area (Å²) in [7, 11) is 0. The second-order valence-corrected chi connectivity index (χ2v) is 7.89. The van der Waals surface area contributed by atoms with Crippen molar-refractivity contribution in [2.45, 2.75) is 32.5 Å². The van der Waals surface area contributed by atoms with Gasteiger partial charge < -0.3 is 14.1 Å². The van der Waals surface area contributed by atoms with Gasteiger partial charge in [-0.1, -0.05) is 30.3 Å². The monoisotopic (exact) mass is 382 g/mol. The van der Waals surface area contributed by atoms with Gasteiger partial charge in [-0.2, -0.15) is 0 Å². The van der Waals surface area contributed by atoms with E-state index in [4.69, 9.17) is 9.15 Å². The molecule has 0 saturated carbocycles. The van der Waals surface area contributed by atoms with E-state index in [1.54, 1.807) is 6.26 Å². The Morgan fingerprint density at radius 1 is 1.22 bits per heavy atom. The third-order valence-corrected chi connectivity index (χ3v) is 5.77. The molecule has 0 radical (unpaired) electrons. The Bertz CT molecular complexity index is 882. The van der Waals surface area contributed by atoms with E-state index in [0.717, 1.165) is 22.7 Å². The fourth-order valence-corrected chi connectivity index (χ4v) is 4.14. The van der Waals surface area contributed by atoms with E-state index in [2.05, 4.69) is 17.1 Å². The third-order valence-electron chi connectivity index (χ3n) is 4.79. The van der Waals surface area contributed by atoms with Gasteiger partial charge in [0.25, 0.3) is 5.91 Å². The van der Waals surface area contributed by atoms with Crippen LogP contribution in [0.4, 0.5) is 0 Å². The molecule has 1 fully saturated rings. The van der Waals surface area contributed by atoms with Gasteiger partial charge in [0, 0.05) is 18.0 Å². The molecular formula is C21H22N2O3S. The second-order valence-electron chi connectivity index (χ2n) is 6.69. The molecule has 1 aliphatic rings. The van der Waals surface area contributed by atoms with Crippen LogP contribution >= 0.6 is 11.3 Å². The average molecular weight is 382 g/mol. The van der Waals surface area contributed by atoms with Crippen molar-refractivity contribution in [2.24, 2.45) is 0 Å². The zero-order valence-corrected chi connectivity index (χ0v) is 16.1.